The van der Waals surface area contributed by atoms with Crippen molar-refractivity contribution < 1.29 is 28.8 Å². The average Bonchev–Trinajstić information content (AvgIpc) is 2.99. The highest BCUT2D eigenvalue weighted by atomic mass is 16.5. The molecule has 0 aliphatic carbocycles. The van der Waals surface area contributed by atoms with E-state index in [0.717, 1.165) is 71.5 Å². The highest BCUT2D eigenvalue weighted by Gasteiger charge is 2.34. The van der Waals surface area contributed by atoms with Crippen molar-refractivity contribution in [2.45, 2.75) is 144 Å². The molecule has 1 aliphatic rings. The Balaban J connectivity index is 1.48. The van der Waals surface area contributed by atoms with E-state index < -0.39 is 11.5 Å². The van der Waals surface area contributed by atoms with E-state index in [-0.39, 0.29) is 36.9 Å². The molecule has 0 amide bonds. The third-order valence-corrected chi connectivity index (χ3v) is 9.70. The largest absolute Gasteiger partial charge is 0.490 e. The van der Waals surface area contributed by atoms with Crippen LogP contribution in [-0.4, -0.2) is 35.1 Å². The van der Waals surface area contributed by atoms with E-state index in [1.807, 2.05) is 6.92 Å². The smallest absolute Gasteiger partial charge is 0.227 e. The summed E-state index contributed by atoms with van der Waals surface area (Å²) in [4.78, 5) is 12.1. The van der Waals surface area contributed by atoms with Crippen LogP contribution in [0.2, 0.25) is 0 Å². The van der Waals surface area contributed by atoms with E-state index in [0.29, 0.717) is 0 Å². The summed E-state index contributed by atoms with van der Waals surface area (Å²) < 4.78 is 23.5. The molecule has 0 saturated carbocycles. The molecule has 1 aromatic heterocycles. The van der Waals surface area contributed by atoms with Crippen molar-refractivity contribution in [3.05, 3.63) is 50.6 Å². The Morgan fingerprint density at radius 3 is 2.13 bits per heavy atom. The number of rotatable bonds is 19. The fraction of sp³-hybridized carbons (Fsp3) is 0.711. The second-order valence-corrected chi connectivity index (χ2v) is 14.4. The minimum absolute atomic E-state index is 0.0181. The van der Waals surface area contributed by atoms with Gasteiger partial charge in [-0.2, -0.15) is 0 Å². The molecule has 0 radical (unpaired) electrons. The highest BCUT2D eigenvalue weighted by Crippen LogP contribution is 2.45. The van der Waals surface area contributed by atoms with Gasteiger partial charge in [0, 0.05) is 11.6 Å². The molecule has 2 heterocycles. The lowest BCUT2D eigenvalue weighted by molar-refractivity contribution is 0.0500. The molecule has 2 N–H and O–H groups in total. The van der Waals surface area contributed by atoms with Crippen LogP contribution in [0, 0.1) is 38.5 Å². The summed E-state index contributed by atoms with van der Waals surface area (Å²) in [6.07, 6.45) is 13.7. The first kappa shape index (κ1) is 37.0. The maximum absolute atomic E-state index is 12.1. The van der Waals surface area contributed by atoms with Crippen molar-refractivity contribution in [3.63, 3.8) is 0 Å². The standard InChI is InChI=1S/C38H60O7/c1-25(2)12-9-13-26(3)14-10-15-27(4)16-11-18-38(8)19-17-33-30(7)36(28(5)29(6)37(33)45-38)44-23-31(40)22-43-35-24-42-32(21-39)20-34(35)41/h20,24-27,31,39-40H,9-19,21-23H2,1-8H3/t26?,27-,31?,38?/m1/s1. The molecule has 0 saturated heterocycles. The minimum atomic E-state index is -0.947. The molecule has 7 heteroatoms. The van der Waals surface area contributed by atoms with Gasteiger partial charge in [0.2, 0.25) is 11.2 Å². The molecule has 2 aromatic rings. The number of hydrogen-bond acceptors (Lipinski definition) is 7. The molecular weight excluding hydrogens is 568 g/mol. The van der Waals surface area contributed by atoms with Crippen LogP contribution < -0.4 is 19.6 Å². The summed E-state index contributed by atoms with van der Waals surface area (Å²) in [5.74, 6) is 4.32. The Morgan fingerprint density at radius 2 is 1.51 bits per heavy atom. The van der Waals surface area contributed by atoms with Gasteiger partial charge in [-0.25, -0.2) is 0 Å². The quantitative estimate of drug-likeness (QED) is 0.161. The van der Waals surface area contributed by atoms with Crippen LogP contribution in [0.15, 0.2) is 21.5 Å². The van der Waals surface area contributed by atoms with Crippen LogP contribution in [0.25, 0.3) is 0 Å². The number of aliphatic hydroxyl groups excluding tert-OH is 2. The van der Waals surface area contributed by atoms with Crippen molar-refractivity contribution in [2.75, 3.05) is 13.2 Å². The summed E-state index contributed by atoms with van der Waals surface area (Å²) in [5, 5.41) is 19.6. The van der Waals surface area contributed by atoms with Gasteiger partial charge < -0.3 is 28.8 Å². The Labute approximate surface area is 271 Å². The minimum Gasteiger partial charge on any atom is -0.490 e. The lowest BCUT2D eigenvalue weighted by atomic mass is 9.83. The molecule has 45 heavy (non-hydrogen) atoms. The number of aliphatic hydroxyl groups is 2. The normalized spacial score (nSPS) is 18.3. The van der Waals surface area contributed by atoms with Gasteiger partial charge in [0.15, 0.2) is 0 Å². The van der Waals surface area contributed by atoms with Gasteiger partial charge in [0.05, 0.1) is 0 Å². The van der Waals surface area contributed by atoms with E-state index in [1.54, 1.807) is 0 Å². The van der Waals surface area contributed by atoms with Crippen LogP contribution in [0.4, 0.5) is 0 Å². The molecule has 0 fully saturated rings. The predicted octanol–water partition coefficient (Wildman–Crippen LogP) is 8.40. The molecule has 3 rings (SSSR count). The Bertz CT molecular complexity index is 1270. The Morgan fingerprint density at radius 1 is 0.889 bits per heavy atom. The summed E-state index contributed by atoms with van der Waals surface area (Å²) in [5.41, 5.74) is 3.75. The highest BCUT2D eigenvalue weighted by molar-refractivity contribution is 5.59. The average molecular weight is 629 g/mol. The van der Waals surface area contributed by atoms with Gasteiger partial charge in [-0.15, -0.1) is 0 Å². The molecule has 254 valence electrons. The lowest BCUT2D eigenvalue weighted by Crippen LogP contribution is -2.37. The summed E-state index contributed by atoms with van der Waals surface area (Å²) in [6.45, 7) is 17.5. The molecule has 4 atom stereocenters. The van der Waals surface area contributed by atoms with Crippen molar-refractivity contribution in [3.8, 4) is 17.2 Å². The molecule has 0 bridgehead atoms. The van der Waals surface area contributed by atoms with E-state index in [1.165, 1.54) is 63.0 Å². The molecular formula is C38H60O7. The van der Waals surface area contributed by atoms with Gasteiger partial charge in [-0.3, -0.25) is 4.79 Å². The zero-order chi connectivity index (χ0) is 33.1. The third-order valence-electron chi connectivity index (χ3n) is 9.70. The lowest BCUT2D eigenvalue weighted by Gasteiger charge is -2.38. The van der Waals surface area contributed by atoms with Crippen LogP contribution in [0.1, 0.15) is 127 Å². The number of hydrogen-bond donors (Lipinski definition) is 2. The first-order valence-corrected chi connectivity index (χ1v) is 17.3. The number of benzene rings is 1. The molecule has 3 unspecified atom stereocenters. The van der Waals surface area contributed by atoms with Crippen LogP contribution >= 0.6 is 0 Å². The van der Waals surface area contributed by atoms with Gasteiger partial charge in [0.25, 0.3) is 0 Å². The molecule has 7 nitrogen and oxygen atoms in total. The number of fused-ring (bicyclic) bond motifs is 1. The van der Waals surface area contributed by atoms with Crippen LogP contribution in [0.5, 0.6) is 17.2 Å². The molecule has 1 aliphatic heterocycles. The summed E-state index contributed by atoms with van der Waals surface area (Å²) in [7, 11) is 0. The molecule has 1 aromatic carbocycles. The summed E-state index contributed by atoms with van der Waals surface area (Å²) >= 11 is 0. The van der Waals surface area contributed by atoms with E-state index in [9.17, 15) is 9.90 Å². The monoisotopic (exact) mass is 628 g/mol. The second-order valence-electron chi connectivity index (χ2n) is 14.4. The fourth-order valence-corrected chi connectivity index (χ4v) is 6.52. The Hall–Kier alpha value is -2.51. The van der Waals surface area contributed by atoms with Crippen molar-refractivity contribution in [1.82, 2.24) is 0 Å². The van der Waals surface area contributed by atoms with Gasteiger partial charge >= 0.3 is 0 Å². The zero-order valence-electron chi connectivity index (χ0n) is 29.3. The zero-order valence-corrected chi connectivity index (χ0v) is 29.3. The first-order chi connectivity index (χ1) is 21.3. The molecule has 0 spiro atoms. The summed E-state index contributed by atoms with van der Waals surface area (Å²) in [6, 6.07) is 1.17. The van der Waals surface area contributed by atoms with Gasteiger partial charge in [-0.05, 0) is 87.8 Å². The van der Waals surface area contributed by atoms with E-state index >= 15 is 0 Å². The van der Waals surface area contributed by atoms with Crippen molar-refractivity contribution in [2.24, 2.45) is 17.8 Å². The van der Waals surface area contributed by atoms with Crippen molar-refractivity contribution >= 4 is 0 Å². The maximum atomic E-state index is 12.1. The van der Waals surface area contributed by atoms with Gasteiger partial charge in [0.1, 0.15) is 55.0 Å². The number of ether oxygens (including phenoxy) is 3. The topological polar surface area (TPSA) is 98.4 Å². The first-order valence-electron chi connectivity index (χ1n) is 17.3. The second kappa shape index (κ2) is 17.4. The van der Waals surface area contributed by atoms with Crippen LogP contribution in [-0.2, 0) is 13.0 Å². The maximum Gasteiger partial charge on any atom is 0.227 e. The van der Waals surface area contributed by atoms with Crippen molar-refractivity contribution in [1.29, 1.82) is 0 Å². The fourth-order valence-electron chi connectivity index (χ4n) is 6.52. The van der Waals surface area contributed by atoms with Gasteiger partial charge in [-0.1, -0.05) is 72.6 Å². The van der Waals surface area contributed by atoms with Crippen LogP contribution in [0.3, 0.4) is 0 Å². The Kier molecular flexibility index (Phi) is 14.3. The predicted molar refractivity (Wildman–Crippen MR) is 181 cm³/mol. The van der Waals surface area contributed by atoms with E-state index in [4.69, 9.17) is 23.7 Å². The van der Waals surface area contributed by atoms with E-state index in [2.05, 4.69) is 48.5 Å². The third kappa shape index (κ3) is 11.1. The SMILES string of the molecule is Cc1c(C)c2c(c(C)c1OCC(O)COc1coc(CO)cc1=O)CCC(C)(CCC[C@H](C)CCCC(C)CCCC(C)C)O2.